The van der Waals surface area contributed by atoms with Crippen LogP contribution in [0.3, 0.4) is 0 Å². The van der Waals surface area contributed by atoms with Gasteiger partial charge in [-0.15, -0.1) is 0 Å². The van der Waals surface area contributed by atoms with Crippen molar-refractivity contribution < 1.29 is 27.5 Å². The van der Waals surface area contributed by atoms with Crippen LogP contribution in [0.2, 0.25) is 10.0 Å². The van der Waals surface area contributed by atoms with Crippen LogP contribution in [0.5, 0.6) is 5.75 Å². The minimum Gasteiger partial charge on any atom is -0.482 e. The number of amides is 2. The number of ether oxygens (including phenoxy) is 1. The van der Waals surface area contributed by atoms with E-state index < -0.39 is 18.0 Å². The predicted molar refractivity (Wildman–Crippen MR) is 103 cm³/mol. The lowest BCUT2D eigenvalue weighted by atomic mass is 10.1. The van der Waals surface area contributed by atoms with E-state index >= 15 is 0 Å². The lowest BCUT2D eigenvalue weighted by Gasteiger charge is -2.09. The molecule has 2 N–H and O–H groups in total. The molecule has 0 saturated heterocycles. The summed E-state index contributed by atoms with van der Waals surface area (Å²) in [5.41, 5.74) is 3.17. The molecule has 0 unspecified atom stereocenters. The highest BCUT2D eigenvalue weighted by Gasteiger charge is 2.38. The van der Waals surface area contributed by atoms with Crippen molar-refractivity contribution in [2.24, 2.45) is 5.10 Å². The number of carbonyl (C=O) groups is 2. The molecular formula is C18H14Cl2F3N3O3. The molecule has 154 valence electrons. The molecule has 0 bridgehead atoms. The Balaban J connectivity index is 1.90. The number of benzene rings is 2. The number of nitrogens with one attached hydrogen (secondary N) is 2. The van der Waals surface area contributed by atoms with Gasteiger partial charge < -0.3 is 10.1 Å². The number of carbonyl (C=O) groups excluding carboxylic acids is 2. The van der Waals surface area contributed by atoms with E-state index in [2.05, 4.69) is 10.5 Å². The van der Waals surface area contributed by atoms with Crippen LogP contribution in [0.25, 0.3) is 0 Å². The number of hydrogen-bond donors (Lipinski definition) is 2. The van der Waals surface area contributed by atoms with Gasteiger partial charge in [-0.25, -0.2) is 5.43 Å². The third-order valence-corrected chi connectivity index (χ3v) is 3.95. The van der Waals surface area contributed by atoms with Gasteiger partial charge >= 0.3 is 12.1 Å². The van der Waals surface area contributed by atoms with Crippen molar-refractivity contribution in [3.63, 3.8) is 0 Å². The first-order valence-corrected chi connectivity index (χ1v) is 8.71. The van der Waals surface area contributed by atoms with Crippen LogP contribution in [0.4, 0.5) is 18.9 Å². The smallest absolute Gasteiger partial charge is 0.471 e. The summed E-state index contributed by atoms with van der Waals surface area (Å²) in [6.45, 7) is 1.24. The molecule has 2 rings (SSSR count). The maximum absolute atomic E-state index is 12.2. The molecule has 0 spiro atoms. The zero-order chi connectivity index (χ0) is 21.6. The first-order valence-electron chi connectivity index (χ1n) is 7.96. The highest BCUT2D eigenvalue weighted by molar-refractivity contribution is 6.35. The molecule has 0 fully saturated rings. The second-order valence-corrected chi connectivity index (χ2v) is 6.47. The van der Waals surface area contributed by atoms with Crippen molar-refractivity contribution in [3.05, 3.63) is 58.1 Å². The maximum Gasteiger partial charge on any atom is 0.471 e. The van der Waals surface area contributed by atoms with Gasteiger partial charge in [-0.2, -0.15) is 18.3 Å². The van der Waals surface area contributed by atoms with Crippen LogP contribution < -0.4 is 15.5 Å². The Morgan fingerprint density at radius 3 is 2.34 bits per heavy atom. The maximum atomic E-state index is 12.2. The molecule has 2 aromatic carbocycles. The molecule has 29 heavy (non-hydrogen) atoms. The number of alkyl halides is 3. The first-order chi connectivity index (χ1) is 13.6. The standard InChI is InChI=1S/C18H14Cl2F3N3O3/c1-10(11-2-5-13(6-3-11)24-17(28)18(21,22)23)25-26-16(27)9-29-15-7-4-12(19)8-14(15)20/h2-8H,9H2,1H3,(H,24,28)(H,26,27)/b25-10-. The molecule has 6 nitrogen and oxygen atoms in total. The van der Waals surface area contributed by atoms with E-state index in [1.807, 2.05) is 0 Å². The van der Waals surface area contributed by atoms with Crippen LogP contribution in [0.1, 0.15) is 12.5 Å². The summed E-state index contributed by atoms with van der Waals surface area (Å²) >= 11 is 11.7. The Labute approximate surface area is 173 Å². The van der Waals surface area contributed by atoms with Gasteiger partial charge in [0, 0.05) is 10.7 Å². The third-order valence-electron chi connectivity index (χ3n) is 3.42. The van der Waals surface area contributed by atoms with Gasteiger partial charge in [-0.1, -0.05) is 35.3 Å². The van der Waals surface area contributed by atoms with Crippen molar-refractivity contribution in [2.75, 3.05) is 11.9 Å². The Bertz CT molecular complexity index is 932. The Hall–Kier alpha value is -2.78. The number of hydrogen-bond acceptors (Lipinski definition) is 4. The lowest BCUT2D eigenvalue weighted by molar-refractivity contribution is -0.167. The van der Waals surface area contributed by atoms with Crippen LogP contribution in [0, 0.1) is 0 Å². The quantitative estimate of drug-likeness (QED) is 0.508. The summed E-state index contributed by atoms with van der Waals surface area (Å²) in [5, 5.41) is 6.30. The summed E-state index contributed by atoms with van der Waals surface area (Å²) in [4.78, 5) is 22.7. The predicted octanol–water partition coefficient (Wildman–Crippen LogP) is 4.41. The zero-order valence-electron chi connectivity index (χ0n) is 14.8. The topological polar surface area (TPSA) is 79.8 Å². The number of anilines is 1. The van der Waals surface area contributed by atoms with Crippen molar-refractivity contribution in [1.82, 2.24) is 5.43 Å². The van der Waals surface area contributed by atoms with Gasteiger partial charge in [-0.05, 0) is 42.8 Å². The van der Waals surface area contributed by atoms with Gasteiger partial charge in [0.05, 0.1) is 10.7 Å². The van der Waals surface area contributed by atoms with Crippen molar-refractivity contribution in [1.29, 1.82) is 0 Å². The highest BCUT2D eigenvalue weighted by Crippen LogP contribution is 2.27. The summed E-state index contributed by atoms with van der Waals surface area (Å²) < 4.78 is 42.0. The zero-order valence-corrected chi connectivity index (χ0v) is 16.3. The van der Waals surface area contributed by atoms with E-state index in [0.717, 1.165) is 0 Å². The average molecular weight is 448 g/mol. The largest absolute Gasteiger partial charge is 0.482 e. The summed E-state index contributed by atoms with van der Waals surface area (Å²) in [5.74, 6) is -2.34. The number of nitrogens with zero attached hydrogens (tertiary/aromatic N) is 1. The highest BCUT2D eigenvalue weighted by atomic mass is 35.5. The molecule has 0 saturated carbocycles. The average Bonchev–Trinajstić information content (AvgIpc) is 2.65. The molecular weight excluding hydrogens is 434 g/mol. The van der Waals surface area contributed by atoms with Gasteiger partial charge in [0.25, 0.3) is 5.91 Å². The van der Waals surface area contributed by atoms with Crippen LogP contribution in [-0.4, -0.2) is 30.3 Å². The number of halogens is 5. The summed E-state index contributed by atoms with van der Waals surface area (Å²) in [6, 6.07) is 10.0. The van der Waals surface area contributed by atoms with E-state index in [1.54, 1.807) is 18.3 Å². The lowest BCUT2D eigenvalue weighted by Crippen LogP contribution is -2.29. The second kappa shape index (κ2) is 9.62. The molecule has 0 aliphatic heterocycles. The summed E-state index contributed by atoms with van der Waals surface area (Å²) in [7, 11) is 0. The third kappa shape index (κ3) is 6.95. The minimum absolute atomic E-state index is 0.0267. The van der Waals surface area contributed by atoms with E-state index in [0.29, 0.717) is 16.3 Å². The Morgan fingerprint density at radius 1 is 1.10 bits per heavy atom. The molecule has 11 heteroatoms. The molecule has 0 aromatic heterocycles. The van der Waals surface area contributed by atoms with Crippen molar-refractivity contribution in [3.8, 4) is 5.75 Å². The summed E-state index contributed by atoms with van der Waals surface area (Å²) in [6.07, 6.45) is -4.97. The molecule has 0 aliphatic rings. The normalized spacial score (nSPS) is 11.7. The fourth-order valence-electron chi connectivity index (χ4n) is 1.98. The van der Waals surface area contributed by atoms with E-state index in [1.165, 1.54) is 36.4 Å². The Kier molecular flexibility index (Phi) is 7.46. The van der Waals surface area contributed by atoms with Gasteiger partial charge in [0.2, 0.25) is 0 Å². The van der Waals surface area contributed by atoms with Gasteiger partial charge in [-0.3, -0.25) is 9.59 Å². The minimum atomic E-state index is -4.97. The molecule has 2 aromatic rings. The molecule has 0 radical (unpaired) electrons. The van der Waals surface area contributed by atoms with E-state index in [9.17, 15) is 22.8 Å². The molecule has 0 aliphatic carbocycles. The SMILES string of the molecule is C/C(=N/NC(=O)COc1ccc(Cl)cc1Cl)c1ccc(NC(=O)C(F)(F)F)cc1. The number of rotatable bonds is 6. The molecule has 0 atom stereocenters. The fraction of sp³-hybridized carbons (Fsp3) is 0.167. The van der Waals surface area contributed by atoms with Crippen LogP contribution in [0.15, 0.2) is 47.6 Å². The Morgan fingerprint density at radius 2 is 1.76 bits per heavy atom. The van der Waals surface area contributed by atoms with Gasteiger partial charge in [0.15, 0.2) is 6.61 Å². The molecule has 0 heterocycles. The number of hydrazone groups is 1. The second-order valence-electron chi connectivity index (χ2n) is 5.62. The van der Waals surface area contributed by atoms with E-state index in [-0.39, 0.29) is 23.1 Å². The van der Waals surface area contributed by atoms with Crippen molar-refractivity contribution >= 4 is 46.4 Å². The van der Waals surface area contributed by atoms with Gasteiger partial charge in [0.1, 0.15) is 5.75 Å². The van der Waals surface area contributed by atoms with Crippen molar-refractivity contribution in [2.45, 2.75) is 13.1 Å². The van der Waals surface area contributed by atoms with Crippen LogP contribution in [-0.2, 0) is 9.59 Å². The van der Waals surface area contributed by atoms with E-state index in [4.69, 9.17) is 27.9 Å². The molecule has 2 amide bonds. The first kappa shape index (κ1) is 22.5. The monoisotopic (exact) mass is 447 g/mol. The fourth-order valence-corrected chi connectivity index (χ4v) is 2.44. The van der Waals surface area contributed by atoms with Crippen LogP contribution >= 0.6 is 23.2 Å².